The highest BCUT2D eigenvalue weighted by atomic mass is 32.2. The summed E-state index contributed by atoms with van der Waals surface area (Å²) in [5.41, 5.74) is 1.91. The van der Waals surface area contributed by atoms with Gasteiger partial charge in [0.25, 0.3) is 0 Å². The Morgan fingerprint density at radius 1 is 1.23 bits per heavy atom. The van der Waals surface area contributed by atoms with Gasteiger partial charge in [-0.2, -0.15) is 0 Å². The fourth-order valence-corrected chi connectivity index (χ4v) is 5.16. The van der Waals surface area contributed by atoms with E-state index >= 15 is 0 Å². The molecule has 0 bridgehead atoms. The summed E-state index contributed by atoms with van der Waals surface area (Å²) in [5.74, 6) is 0.693. The van der Waals surface area contributed by atoms with E-state index in [2.05, 4.69) is 41.3 Å². The summed E-state index contributed by atoms with van der Waals surface area (Å²) in [6.45, 7) is 13.3. The highest BCUT2D eigenvalue weighted by Gasteiger charge is 2.28. The fourth-order valence-electron chi connectivity index (χ4n) is 3.77. The van der Waals surface area contributed by atoms with E-state index in [9.17, 15) is 8.42 Å². The smallest absolute Gasteiger partial charge is 0.237 e. The first-order valence-corrected chi connectivity index (χ1v) is 12.9. The summed E-state index contributed by atoms with van der Waals surface area (Å²) in [4.78, 5) is 6.94. The van der Waals surface area contributed by atoms with Gasteiger partial charge in [0.05, 0.1) is 18.0 Å². The molecule has 0 saturated carbocycles. The first-order valence-electron chi connectivity index (χ1n) is 11.3. The molecule has 0 amide bonds. The van der Waals surface area contributed by atoms with Gasteiger partial charge >= 0.3 is 0 Å². The van der Waals surface area contributed by atoms with Crippen molar-refractivity contribution in [3.05, 3.63) is 29.8 Å². The van der Waals surface area contributed by atoms with Crippen LogP contribution in [0.1, 0.15) is 46.1 Å². The Labute approximate surface area is 183 Å². The number of aliphatic imine (C=N–C) groups is 1. The fraction of sp³-hybridized carbons (Fsp3) is 0.682. The van der Waals surface area contributed by atoms with Crippen LogP contribution in [-0.2, 0) is 16.4 Å². The van der Waals surface area contributed by atoms with Crippen LogP contribution in [0.5, 0.6) is 0 Å². The largest absolute Gasteiger partial charge is 0.357 e. The molecule has 1 aromatic rings. The number of anilines is 1. The molecule has 1 unspecified atom stereocenters. The van der Waals surface area contributed by atoms with Crippen molar-refractivity contribution in [2.24, 2.45) is 4.99 Å². The van der Waals surface area contributed by atoms with E-state index in [1.54, 1.807) is 0 Å². The van der Waals surface area contributed by atoms with Gasteiger partial charge in [0.1, 0.15) is 0 Å². The molecule has 30 heavy (non-hydrogen) atoms. The van der Waals surface area contributed by atoms with E-state index in [1.807, 2.05) is 31.2 Å². The molecule has 1 heterocycles. The summed E-state index contributed by atoms with van der Waals surface area (Å²) >= 11 is 0. The van der Waals surface area contributed by atoms with Gasteiger partial charge in [0.2, 0.25) is 10.0 Å². The van der Waals surface area contributed by atoms with Gasteiger partial charge in [0, 0.05) is 19.1 Å². The normalized spacial score (nSPS) is 15.4. The average Bonchev–Trinajstić information content (AvgIpc) is 3.16. The first-order chi connectivity index (χ1) is 14.4. The molecule has 0 radical (unpaired) electrons. The van der Waals surface area contributed by atoms with Crippen molar-refractivity contribution < 1.29 is 8.42 Å². The topological polar surface area (TPSA) is 77.0 Å². The number of benzene rings is 1. The standard InChI is InChI=1S/C22H39N5O2S/c1-5-23-22(25-19(4)11-10-16-26(6-2)7-3)24-15-18-30(28,29)27-17-14-20-12-8-9-13-21(20)27/h8-9,12-13,19H,5-7,10-11,14-18H2,1-4H3,(H2,23,24,25). The molecule has 1 aliphatic heterocycles. The zero-order chi connectivity index (χ0) is 22.0. The molecule has 1 aliphatic rings. The van der Waals surface area contributed by atoms with E-state index in [1.165, 1.54) is 4.31 Å². The van der Waals surface area contributed by atoms with Crippen LogP contribution in [0.3, 0.4) is 0 Å². The molecule has 0 saturated heterocycles. The Hall–Kier alpha value is -1.80. The maximum Gasteiger partial charge on any atom is 0.237 e. The number of guanidine groups is 1. The van der Waals surface area contributed by atoms with Crippen molar-refractivity contribution >= 4 is 21.7 Å². The van der Waals surface area contributed by atoms with Gasteiger partial charge in [-0.15, -0.1) is 0 Å². The second kappa shape index (κ2) is 12.2. The highest BCUT2D eigenvalue weighted by Crippen LogP contribution is 2.29. The number of nitrogens with one attached hydrogen (secondary N) is 2. The lowest BCUT2D eigenvalue weighted by Crippen LogP contribution is -2.43. The second-order valence-corrected chi connectivity index (χ2v) is 9.75. The summed E-state index contributed by atoms with van der Waals surface area (Å²) in [6.07, 6.45) is 2.94. The minimum Gasteiger partial charge on any atom is -0.357 e. The first kappa shape index (κ1) is 24.5. The molecule has 0 aliphatic carbocycles. The summed E-state index contributed by atoms with van der Waals surface area (Å²) in [6, 6.07) is 8.00. The van der Waals surface area contributed by atoms with E-state index in [4.69, 9.17) is 0 Å². The van der Waals surface area contributed by atoms with Crippen LogP contribution >= 0.6 is 0 Å². The summed E-state index contributed by atoms with van der Waals surface area (Å²) in [7, 11) is -3.38. The molecule has 0 fully saturated rings. The predicted molar refractivity (Wildman–Crippen MR) is 127 cm³/mol. The van der Waals surface area contributed by atoms with E-state index in [-0.39, 0.29) is 18.3 Å². The van der Waals surface area contributed by atoms with Crippen LogP contribution in [-0.4, -0.2) is 70.3 Å². The molecule has 8 heteroatoms. The molecule has 0 aromatic heterocycles. The Kier molecular flexibility index (Phi) is 9.91. The number of para-hydroxylation sites is 1. The lowest BCUT2D eigenvalue weighted by molar-refractivity contribution is 0.292. The lowest BCUT2D eigenvalue weighted by atomic mass is 10.2. The Morgan fingerprint density at radius 2 is 1.97 bits per heavy atom. The van der Waals surface area contributed by atoms with E-state index < -0.39 is 10.0 Å². The van der Waals surface area contributed by atoms with Crippen molar-refractivity contribution in [1.82, 2.24) is 15.5 Å². The predicted octanol–water partition coefficient (Wildman–Crippen LogP) is 2.44. The average molecular weight is 438 g/mol. The SMILES string of the molecule is CCNC(=NCCS(=O)(=O)N1CCc2ccccc21)NC(C)CCCN(CC)CC. The van der Waals surface area contributed by atoms with Gasteiger partial charge < -0.3 is 15.5 Å². The van der Waals surface area contributed by atoms with Crippen LogP contribution in [0.2, 0.25) is 0 Å². The van der Waals surface area contributed by atoms with Gasteiger partial charge in [-0.3, -0.25) is 9.30 Å². The summed E-state index contributed by atoms with van der Waals surface area (Å²) in [5, 5.41) is 6.64. The molecule has 2 N–H and O–H groups in total. The minimum atomic E-state index is -3.38. The Bertz CT molecular complexity index is 777. The number of hydrogen-bond donors (Lipinski definition) is 2. The van der Waals surface area contributed by atoms with Crippen molar-refractivity contribution in [2.45, 2.75) is 53.0 Å². The van der Waals surface area contributed by atoms with Crippen LogP contribution < -0.4 is 14.9 Å². The van der Waals surface area contributed by atoms with Crippen LogP contribution in [0.4, 0.5) is 5.69 Å². The minimum absolute atomic E-state index is 0.00818. The third-order valence-corrected chi connectivity index (χ3v) is 7.28. The van der Waals surface area contributed by atoms with Gasteiger partial charge in [-0.05, 0) is 64.4 Å². The maximum absolute atomic E-state index is 12.8. The van der Waals surface area contributed by atoms with Gasteiger partial charge in [-0.25, -0.2) is 8.42 Å². The molecule has 1 aromatic carbocycles. The zero-order valence-corrected chi connectivity index (χ0v) is 19.8. The van der Waals surface area contributed by atoms with Crippen LogP contribution in [0, 0.1) is 0 Å². The number of rotatable bonds is 12. The Balaban J connectivity index is 1.87. The lowest BCUT2D eigenvalue weighted by Gasteiger charge is -2.21. The number of sulfonamides is 1. The monoisotopic (exact) mass is 437 g/mol. The molecule has 1 atom stereocenters. The quantitative estimate of drug-likeness (QED) is 0.388. The van der Waals surface area contributed by atoms with Crippen LogP contribution in [0.25, 0.3) is 0 Å². The number of nitrogens with zero attached hydrogens (tertiary/aromatic N) is 3. The zero-order valence-electron chi connectivity index (χ0n) is 19.0. The third kappa shape index (κ3) is 7.16. The number of hydrogen-bond acceptors (Lipinski definition) is 4. The van der Waals surface area contributed by atoms with Gasteiger partial charge in [-0.1, -0.05) is 32.0 Å². The summed E-state index contributed by atoms with van der Waals surface area (Å²) < 4.78 is 27.2. The van der Waals surface area contributed by atoms with Gasteiger partial charge in [0.15, 0.2) is 5.96 Å². The molecule has 2 rings (SSSR count). The highest BCUT2D eigenvalue weighted by molar-refractivity contribution is 7.92. The molecular formula is C22H39N5O2S. The van der Waals surface area contributed by atoms with E-state index in [0.717, 1.165) is 56.7 Å². The van der Waals surface area contributed by atoms with Crippen LogP contribution in [0.15, 0.2) is 29.3 Å². The van der Waals surface area contributed by atoms with Crippen molar-refractivity contribution in [1.29, 1.82) is 0 Å². The number of fused-ring (bicyclic) bond motifs is 1. The second-order valence-electron chi connectivity index (χ2n) is 7.74. The molecule has 7 nitrogen and oxygen atoms in total. The third-order valence-electron chi connectivity index (χ3n) is 5.53. The van der Waals surface area contributed by atoms with Crippen molar-refractivity contribution in [3.63, 3.8) is 0 Å². The Morgan fingerprint density at radius 3 is 2.67 bits per heavy atom. The van der Waals surface area contributed by atoms with Crippen molar-refractivity contribution in [3.8, 4) is 0 Å². The molecular weight excluding hydrogens is 398 g/mol. The van der Waals surface area contributed by atoms with Crippen molar-refractivity contribution in [2.75, 3.05) is 49.3 Å². The molecule has 170 valence electrons. The maximum atomic E-state index is 12.8. The van der Waals surface area contributed by atoms with E-state index in [0.29, 0.717) is 12.5 Å². The molecule has 0 spiro atoms.